The van der Waals surface area contributed by atoms with Gasteiger partial charge >= 0.3 is 0 Å². The first kappa shape index (κ1) is 15.1. The maximum Gasteiger partial charge on any atom is 0.253 e. The topological polar surface area (TPSA) is 52.6 Å². The van der Waals surface area contributed by atoms with Crippen molar-refractivity contribution in [2.75, 3.05) is 19.4 Å². The molecule has 0 aliphatic heterocycles. The molecule has 2 N–H and O–H groups in total. The third kappa shape index (κ3) is 3.64. The molecule has 0 spiro atoms. The van der Waals surface area contributed by atoms with Crippen LogP contribution in [0.2, 0.25) is 5.02 Å². The van der Waals surface area contributed by atoms with Gasteiger partial charge in [-0.15, -0.1) is 0 Å². The molecular formula is C15H21ClN2O2. The molecule has 0 bridgehead atoms. The average Bonchev–Trinajstić information content (AvgIpc) is 2.43. The SMILES string of the molecule is CN(C)C(=O)c1ccc(Cl)c(NC2CCC(O)CC2)c1. The van der Waals surface area contributed by atoms with Crippen LogP contribution >= 0.6 is 11.6 Å². The second-order valence-corrected chi connectivity index (χ2v) is 5.95. The summed E-state index contributed by atoms with van der Waals surface area (Å²) in [5.74, 6) is -0.0382. The minimum absolute atomic E-state index is 0.0382. The van der Waals surface area contributed by atoms with Gasteiger partial charge in [0.1, 0.15) is 0 Å². The first-order valence-electron chi connectivity index (χ1n) is 6.93. The number of hydrogen-bond donors (Lipinski definition) is 2. The standard InChI is InChI=1S/C15H21ClN2O2/c1-18(2)15(20)10-3-8-13(16)14(9-10)17-11-4-6-12(19)7-5-11/h3,8-9,11-12,17,19H,4-7H2,1-2H3. The molecule has 20 heavy (non-hydrogen) atoms. The summed E-state index contributed by atoms with van der Waals surface area (Å²) in [6.45, 7) is 0. The van der Waals surface area contributed by atoms with Crippen LogP contribution in [0.3, 0.4) is 0 Å². The smallest absolute Gasteiger partial charge is 0.253 e. The Labute approximate surface area is 124 Å². The van der Waals surface area contributed by atoms with Crippen molar-refractivity contribution >= 4 is 23.2 Å². The Balaban J connectivity index is 2.11. The molecule has 1 aromatic rings. The van der Waals surface area contributed by atoms with Crippen molar-refractivity contribution in [2.24, 2.45) is 0 Å². The fourth-order valence-corrected chi connectivity index (χ4v) is 2.64. The van der Waals surface area contributed by atoms with Crippen molar-refractivity contribution in [3.63, 3.8) is 0 Å². The normalized spacial score (nSPS) is 22.4. The first-order chi connectivity index (χ1) is 9.47. The van der Waals surface area contributed by atoms with Crippen molar-refractivity contribution in [1.82, 2.24) is 4.90 Å². The van der Waals surface area contributed by atoms with Crippen molar-refractivity contribution in [1.29, 1.82) is 0 Å². The van der Waals surface area contributed by atoms with E-state index in [-0.39, 0.29) is 12.0 Å². The van der Waals surface area contributed by atoms with Crippen LogP contribution in [0.1, 0.15) is 36.0 Å². The van der Waals surface area contributed by atoms with Gasteiger partial charge < -0.3 is 15.3 Å². The molecule has 0 heterocycles. The zero-order valence-corrected chi connectivity index (χ0v) is 12.7. The molecule has 1 saturated carbocycles. The zero-order valence-electron chi connectivity index (χ0n) is 11.9. The van der Waals surface area contributed by atoms with E-state index < -0.39 is 0 Å². The number of anilines is 1. The third-order valence-electron chi connectivity index (χ3n) is 3.68. The molecule has 2 rings (SSSR count). The summed E-state index contributed by atoms with van der Waals surface area (Å²) >= 11 is 6.19. The van der Waals surface area contributed by atoms with Crippen molar-refractivity contribution in [2.45, 2.75) is 37.8 Å². The summed E-state index contributed by atoms with van der Waals surface area (Å²) in [6, 6.07) is 5.59. The highest BCUT2D eigenvalue weighted by atomic mass is 35.5. The molecule has 1 amide bonds. The number of aliphatic hydroxyl groups is 1. The Bertz CT molecular complexity index is 483. The molecule has 0 saturated heterocycles. The molecule has 1 aliphatic carbocycles. The predicted molar refractivity (Wildman–Crippen MR) is 81.4 cm³/mol. The van der Waals surface area contributed by atoms with E-state index in [1.54, 1.807) is 37.2 Å². The van der Waals surface area contributed by atoms with Crippen molar-refractivity contribution < 1.29 is 9.90 Å². The van der Waals surface area contributed by atoms with Crippen molar-refractivity contribution in [3.8, 4) is 0 Å². The van der Waals surface area contributed by atoms with Crippen LogP contribution in [-0.4, -0.2) is 42.2 Å². The van der Waals surface area contributed by atoms with E-state index in [9.17, 15) is 9.90 Å². The molecule has 1 aliphatic rings. The number of nitrogens with zero attached hydrogens (tertiary/aromatic N) is 1. The van der Waals surface area contributed by atoms with Gasteiger partial charge in [0.25, 0.3) is 5.91 Å². The van der Waals surface area contributed by atoms with E-state index in [1.807, 2.05) is 0 Å². The predicted octanol–water partition coefficient (Wildman–Crippen LogP) is 2.76. The van der Waals surface area contributed by atoms with Crippen LogP contribution in [0.5, 0.6) is 0 Å². The highest BCUT2D eigenvalue weighted by molar-refractivity contribution is 6.33. The summed E-state index contributed by atoms with van der Waals surface area (Å²) in [5.41, 5.74) is 1.42. The molecule has 0 unspecified atom stereocenters. The monoisotopic (exact) mass is 296 g/mol. The minimum atomic E-state index is -0.176. The number of hydrogen-bond acceptors (Lipinski definition) is 3. The van der Waals surface area contributed by atoms with Crippen LogP contribution in [0.15, 0.2) is 18.2 Å². The van der Waals surface area contributed by atoms with E-state index >= 15 is 0 Å². The fraction of sp³-hybridized carbons (Fsp3) is 0.533. The molecular weight excluding hydrogens is 276 g/mol. The summed E-state index contributed by atoms with van der Waals surface area (Å²) in [6.07, 6.45) is 3.29. The highest BCUT2D eigenvalue weighted by Crippen LogP contribution is 2.28. The number of amides is 1. The lowest BCUT2D eigenvalue weighted by atomic mass is 9.93. The summed E-state index contributed by atoms with van der Waals surface area (Å²) < 4.78 is 0. The minimum Gasteiger partial charge on any atom is -0.393 e. The second-order valence-electron chi connectivity index (χ2n) is 5.54. The number of benzene rings is 1. The quantitative estimate of drug-likeness (QED) is 0.902. The van der Waals surface area contributed by atoms with Gasteiger partial charge in [0.2, 0.25) is 0 Å². The van der Waals surface area contributed by atoms with Gasteiger partial charge in [0.05, 0.1) is 16.8 Å². The van der Waals surface area contributed by atoms with E-state index in [0.717, 1.165) is 31.4 Å². The second kappa shape index (κ2) is 6.46. The molecule has 0 aromatic heterocycles. The van der Waals surface area contributed by atoms with Gasteiger partial charge in [-0.2, -0.15) is 0 Å². The Kier molecular flexibility index (Phi) is 4.89. The largest absolute Gasteiger partial charge is 0.393 e. The molecule has 110 valence electrons. The molecule has 1 aromatic carbocycles. The summed E-state index contributed by atoms with van der Waals surface area (Å²) in [7, 11) is 3.46. The highest BCUT2D eigenvalue weighted by Gasteiger charge is 2.20. The third-order valence-corrected chi connectivity index (χ3v) is 4.01. The molecule has 0 radical (unpaired) electrons. The van der Waals surface area contributed by atoms with Gasteiger partial charge in [0.15, 0.2) is 0 Å². The van der Waals surface area contributed by atoms with Gasteiger partial charge in [-0.05, 0) is 43.9 Å². The number of carbonyl (C=O) groups excluding carboxylic acids is 1. The summed E-state index contributed by atoms with van der Waals surface area (Å²) in [4.78, 5) is 13.5. The molecule has 4 nitrogen and oxygen atoms in total. The van der Waals surface area contributed by atoms with Crippen LogP contribution < -0.4 is 5.32 Å². The Morgan fingerprint density at radius 3 is 2.55 bits per heavy atom. The first-order valence-corrected chi connectivity index (χ1v) is 7.31. The number of aliphatic hydroxyl groups excluding tert-OH is 1. The van der Waals surface area contributed by atoms with E-state index in [0.29, 0.717) is 16.6 Å². The Hall–Kier alpha value is -1.26. The van der Waals surface area contributed by atoms with E-state index in [4.69, 9.17) is 11.6 Å². The van der Waals surface area contributed by atoms with Crippen molar-refractivity contribution in [3.05, 3.63) is 28.8 Å². The Morgan fingerprint density at radius 2 is 1.95 bits per heavy atom. The molecule has 5 heteroatoms. The maximum atomic E-state index is 12.0. The van der Waals surface area contributed by atoms with Gasteiger partial charge in [-0.1, -0.05) is 11.6 Å². The fourth-order valence-electron chi connectivity index (χ4n) is 2.47. The van der Waals surface area contributed by atoms with E-state index in [1.165, 1.54) is 0 Å². The van der Waals surface area contributed by atoms with Crippen LogP contribution in [0.4, 0.5) is 5.69 Å². The van der Waals surface area contributed by atoms with Gasteiger partial charge in [-0.3, -0.25) is 4.79 Å². The lowest BCUT2D eigenvalue weighted by Crippen LogP contribution is -2.28. The van der Waals surface area contributed by atoms with Gasteiger partial charge in [-0.25, -0.2) is 0 Å². The molecule has 1 fully saturated rings. The van der Waals surface area contributed by atoms with Crippen LogP contribution in [0, 0.1) is 0 Å². The maximum absolute atomic E-state index is 12.0. The number of nitrogens with one attached hydrogen (secondary N) is 1. The lowest BCUT2D eigenvalue weighted by molar-refractivity contribution is 0.0827. The number of halogens is 1. The van der Waals surface area contributed by atoms with E-state index in [2.05, 4.69) is 5.32 Å². The Morgan fingerprint density at radius 1 is 1.30 bits per heavy atom. The lowest BCUT2D eigenvalue weighted by Gasteiger charge is -2.27. The van der Waals surface area contributed by atoms with Gasteiger partial charge in [0, 0.05) is 25.7 Å². The van der Waals surface area contributed by atoms with Crippen LogP contribution in [-0.2, 0) is 0 Å². The van der Waals surface area contributed by atoms with Crippen LogP contribution in [0.25, 0.3) is 0 Å². The number of carbonyl (C=O) groups is 1. The zero-order chi connectivity index (χ0) is 14.7. The average molecular weight is 297 g/mol. The summed E-state index contributed by atoms with van der Waals surface area (Å²) in [5, 5.41) is 13.5. The number of rotatable bonds is 3. The molecule has 0 atom stereocenters.